The number of hydrogen-bond acceptors (Lipinski definition) is 4. The molecular weight excluding hydrogens is 420 g/mol. The first kappa shape index (κ1) is 21.1. The minimum atomic E-state index is -0.764. The number of nitrogens with one attached hydrogen (secondary N) is 2. The minimum Gasteiger partial charge on any atom is -0.443 e. The number of benzene rings is 2. The van der Waals surface area contributed by atoms with Gasteiger partial charge >= 0.3 is 6.09 Å². The predicted octanol–water partition coefficient (Wildman–Crippen LogP) is 3.29. The third kappa shape index (κ3) is 3.71. The molecule has 5 rings (SSSR count). The molecule has 3 heterocycles. The Morgan fingerprint density at radius 2 is 1.76 bits per heavy atom. The van der Waals surface area contributed by atoms with Crippen molar-refractivity contribution < 1.29 is 19.1 Å². The van der Waals surface area contributed by atoms with Crippen LogP contribution in [0.1, 0.15) is 43.6 Å². The molecule has 0 saturated carbocycles. The van der Waals surface area contributed by atoms with E-state index < -0.39 is 23.8 Å². The zero-order valence-corrected chi connectivity index (χ0v) is 18.8. The molecule has 0 radical (unpaired) electrons. The summed E-state index contributed by atoms with van der Waals surface area (Å²) in [5.74, 6) is -0.578. The summed E-state index contributed by atoms with van der Waals surface area (Å²) >= 11 is 0. The number of aromatic nitrogens is 1. The summed E-state index contributed by atoms with van der Waals surface area (Å²) in [7, 11) is 0. The molecule has 1 fully saturated rings. The van der Waals surface area contributed by atoms with Gasteiger partial charge in [-0.3, -0.25) is 9.59 Å². The Morgan fingerprint density at radius 3 is 2.48 bits per heavy atom. The SMILES string of the molecule is CC(C)(C)OC(=O)NN1CC(=O)N2[C@@H](c3ccccc3)c3[nH]c4ccccc4c3C[C@H]2C1=O. The van der Waals surface area contributed by atoms with Gasteiger partial charge in [0.2, 0.25) is 5.91 Å². The number of carbonyl (C=O) groups is 3. The van der Waals surface area contributed by atoms with Crippen molar-refractivity contribution in [3.63, 3.8) is 0 Å². The van der Waals surface area contributed by atoms with Crippen LogP contribution < -0.4 is 5.43 Å². The van der Waals surface area contributed by atoms with E-state index >= 15 is 0 Å². The van der Waals surface area contributed by atoms with E-state index in [1.165, 1.54) is 0 Å². The topological polar surface area (TPSA) is 94.7 Å². The first-order valence-electron chi connectivity index (χ1n) is 11.0. The number of hydrazine groups is 1. The highest BCUT2D eigenvalue weighted by Gasteiger charge is 2.48. The van der Waals surface area contributed by atoms with Gasteiger partial charge in [-0.05, 0) is 38.0 Å². The number of para-hydroxylation sites is 1. The van der Waals surface area contributed by atoms with Crippen molar-refractivity contribution in [1.29, 1.82) is 0 Å². The minimum absolute atomic E-state index is 0.242. The summed E-state index contributed by atoms with van der Waals surface area (Å²) < 4.78 is 5.28. The monoisotopic (exact) mass is 446 g/mol. The molecule has 1 aromatic heterocycles. The fourth-order valence-corrected chi connectivity index (χ4v) is 4.75. The van der Waals surface area contributed by atoms with Gasteiger partial charge in [-0.25, -0.2) is 15.2 Å². The van der Waals surface area contributed by atoms with Crippen molar-refractivity contribution in [3.8, 4) is 0 Å². The average molecular weight is 447 g/mol. The summed E-state index contributed by atoms with van der Waals surface area (Å²) in [5.41, 5.74) is 5.57. The molecule has 170 valence electrons. The van der Waals surface area contributed by atoms with Crippen LogP contribution in [0.2, 0.25) is 0 Å². The first-order valence-corrected chi connectivity index (χ1v) is 11.0. The van der Waals surface area contributed by atoms with E-state index in [1.807, 2.05) is 54.6 Å². The maximum atomic E-state index is 13.5. The van der Waals surface area contributed by atoms with Crippen molar-refractivity contribution >= 4 is 28.8 Å². The van der Waals surface area contributed by atoms with Crippen LogP contribution in [0.3, 0.4) is 0 Å². The van der Waals surface area contributed by atoms with E-state index in [0.717, 1.165) is 32.7 Å². The van der Waals surface area contributed by atoms with E-state index in [0.29, 0.717) is 6.42 Å². The van der Waals surface area contributed by atoms with Gasteiger partial charge in [-0.15, -0.1) is 0 Å². The second-order valence-electron chi connectivity index (χ2n) is 9.44. The molecule has 2 aromatic carbocycles. The zero-order chi connectivity index (χ0) is 23.3. The molecule has 3 aromatic rings. The van der Waals surface area contributed by atoms with Gasteiger partial charge in [0.15, 0.2) is 0 Å². The number of H-pyrrole nitrogens is 1. The summed E-state index contributed by atoms with van der Waals surface area (Å²) in [6.07, 6.45) is -0.403. The molecule has 2 atom stereocenters. The molecule has 0 spiro atoms. The maximum Gasteiger partial charge on any atom is 0.426 e. The molecule has 2 aliphatic heterocycles. The van der Waals surface area contributed by atoms with Crippen molar-refractivity contribution in [3.05, 3.63) is 71.4 Å². The van der Waals surface area contributed by atoms with Gasteiger partial charge in [0.05, 0.1) is 6.04 Å². The van der Waals surface area contributed by atoms with Crippen LogP contribution in [-0.2, 0) is 20.7 Å². The largest absolute Gasteiger partial charge is 0.443 e. The fraction of sp³-hybridized carbons (Fsp3) is 0.320. The lowest BCUT2D eigenvalue weighted by molar-refractivity contribution is -0.161. The smallest absolute Gasteiger partial charge is 0.426 e. The fourth-order valence-electron chi connectivity index (χ4n) is 4.75. The number of hydrogen-bond donors (Lipinski definition) is 2. The van der Waals surface area contributed by atoms with Crippen LogP contribution in [0, 0.1) is 0 Å². The molecule has 0 unspecified atom stereocenters. The Kier molecular flexibility index (Phi) is 4.88. The summed E-state index contributed by atoms with van der Waals surface area (Å²) in [6, 6.07) is 16.5. The van der Waals surface area contributed by atoms with Crippen LogP contribution in [0.25, 0.3) is 10.9 Å². The molecule has 8 heteroatoms. The number of rotatable bonds is 2. The highest BCUT2D eigenvalue weighted by atomic mass is 16.6. The van der Waals surface area contributed by atoms with E-state index in [-0.39, 0.29) is 18.4 Å². The normalized spacial score (nSPS) is 20.5. The van der Waals surface area contributed by atoms with E-state index in [2.05, 4.69) is 10.4 Å². The van der Waals surface area contributed by atoms with Gasteiger partial charge < -0.3 is 14.6 Å². The highest BCUT2D eigenvalue weighted by Crippen LogP contribution is 2.42. The Balaban J connectivity index is 1.55. The number of ether oxygens (including phenoxy) is 1. The third-order valence-corrected chi connectivity index (χ3v) is 6.00. The maximum absolute atomic E-state index is 13.5. The molecule has 8 nitrogen and oxygen atoms in total. The number of aromatic amines is 1. The lowest BCUT2D eigenvalue weighted by Crippen LogP contribution is -2.66. The number of carbonyl (C=O) groups excluding carboxylic acids is 3. The number of nitrogens with zero attached hydrogens (tertiary/aromatic N) is 2. The van der Waals surface area contributed by atoms with Crippen LogP contribution in [0.4, 0.5) is 4.79 Å². The van der Waals surface area contributed by atoms with E-state index in [9.17, 15) is 14.4 Å². The molecule has 3 amide bonds. The summed E-state index contributed by atoms with van der Waals surface area (Å²) in [4.78, 5) is 44.3. The Labute approximate surface area is 191 Å². The highest BCUT2D eigenvalue weighted by molar-refractivity contribution is 5.98. The van der Waals surface area contributed by atoms with Crippen LogP contribution in [-0.4, -0.2) is 51.0 Å². The Morgan fingerprint density at radius 1 is 1.06 bits per heavy atom. The van der Waals surface area contributed by atoms with E-state index in [1.54, 1.807) is 25.7 Å². The Bertz CT molecular complexity index is 1240. The quantitative estimate of drug-likeness (QED) is 0.632. The van der Waals surface area contributed by atoms with Gasteiger partial charge in [0.1, 0.15) is 18.2 Å². The standard InChI is InChI=1S/C25H26N4O4/c1-25(2,3)33-24(32)27-28-14-20(30)29-19(23(28)31)13-17-16-11-7-8-12-18(16)26-21(17)22(29)15-9-5-4-6-10-15/h4-12,19,22,26H,13-14H2,1-3H3,(H,27,32)/t19-,22-/m0/s1. The second kappa shape index (κ2) is 7.65. The molecule has 0 bridgehead atoms. The van der Waals surface area contributed by atoms with Crippen molar-refractivity contribution in [2.45, 2.75) is 44.9 Å². The third-order valence-electron chi connectivity index (χ3n) is 6.00. The second-order valence-corrected chi connectivity index (χ2v) is 9.44. The molecule has 0 aliphatic carbocycles. The average Bonchev–Trinajstić information content (AvgIpc) is 3.13. The zero-order valence-electron chi connectivity index (χ0n) is 18.8. The van der Waals surface area contributed by atoms with Crippen molar-refractivity contribution in [1.82, 2.24) is 20.3 Å². The number of piperazine rings is 1. The Hall–Kier alpha value is -3.81. The van der Waals surface area contributed by atoms with Gasteiger partial charge in [0, 0.05) is 23.0 Å². The lowest BCUT2D eigenvalue weighted by atomic mass is 9.86. The molecule has 1 saturated heterocycles. The van der Waals surface area contributed by atoms with Crippen LogP contribution in [0.5, 0.6) is 0 Å². The predicted molar refractivity (Wildman–Crippen MR) is 122 cm³/mol. The van der Waals surface area contributed by atoms with E-state index in [4.69, 9.17) is 4.74 Å². The summed E-state index contributed by atoms with van der Waals surface area (Å²) in [6.45, 7) is 4.96. The number of amides is 3. The first-order chi connectivity index (χ1) is 15.7. The molecule has 2 aliphatic rings. The molecule has 2 N–H and O–H groups in total. The summed E-state index contributed by atoms with van der Waals surface area (Å²) in [5, 5.41) is 2.12. The van der Waals surface area contributed by atoms with Gasteiger partial charge in [-0.1, -0.05) is 48.5 Å². The van der Waals surface area contributed by atoms with Crippen molar-refractivity contribution in [2.24, 2.45) is 0 Å². The molecular formula is C25H26N4O4. The van der Waals surface area contributed by atoms with Gasteiger partial charge in [-0.2, -0.15) is 0 Å². The lowest BCUT2D eigenvalue weighted by Gasteiger charge is -2.46. The number of fused-ring (bicyclic) bond motifs is 4. The van der Waals surface area contributed by atoms with Crippen molar-refractivity contribution in [2.75, 3.05) is 6.54 Å². The molecule has 33 heavy (non-hydrogen) atoms. The van der Waals surface area contributed by atoms with Crippen LogP contribution in [0.15, 0.2) is 54.6 Å². The van der Waals surface area contributed by atoms with Gasteiger partial charge in [0.25, 0.3) is 5.91 Å². The van der Waals surface area contributed by atoms with Crippen LogP contribution >= 0.6 is 0 Å².